The van der Waals surface area contributed by atoms with Crippen LogP contribution in [0.25, 0.3) is 0 Å². The van der Waals surface area contributed by atoms with E-state index in [9.17, 15) is 16.8 Å². The highest BCUT2D eigenvalue weighted by molar-refractivity contribution is 7.92. The molecule has 1 unspecified atom stereocenters. The summed E-state index contributed by atoms with van der Waals surface area (Å²) < 4.78 is 52.7. The number of rotatable bonds is 3. The van der Waals surface area contributed by atoms with Gasteiger partial charge in [-0.1, -0.05) is 47.5 Å². The van der Waals surface area contributed by atoms with Crippen LogP contribution in [0.5, 0.6) is 0 Å². The zero-order chi connectivity index (χ0) is 19.8. The summed E-state index contributed by atoms with van der Waals surface area (Å²) in [6, 6.07) is 11.3. The standard InChI is InChI=1S/C18H19Cl2NO4S2/c1-13-6-7-14(12-17(13)20)27(24,25)21-9-8-18(26(22,23)11-10-21)15-4-2-3-5-16(15)19/h2-7,12,18H,8-11H2,1H3. The number of hydrogen-bond acceptors (Lipinski definition) is 4. The van der Waals surface area contributed by atoms with E-state index >= 15 is 0 Å². The van der Waals surface area contributed by atoms with Gasteiger partial charge in [0.1, 0.15) is 0 Å². The molecule has 9 heteroatoms. The Morgan fingerprint density at radius 2 is 1.74 bits per heavy atom. The second-order valence-corrected chi connectivity index (χ2v) is 11.5. The molecule has 0 radical (unpaired) electrons. The lowest BCUT2D eigenvalue weighted by atomic mass is 10.1. The maximum absolute atomic E-state index is 13.0. The fourth-order valence-corrected chi connectivity index (χ4v) is 7.12. The summed E-state index contributed by atoms with van der Waals surface area (Å²) in [7, 11) is -7.38. The molecule has 1 saturated heterocycles. The molecule has 0 amide bonds. The van der Waals surface area contributed by atoms with Crippen molar-refractivity contribution in [3.05, 3.63) is 63.6 Å². The second kappa shape index (κ2) is 7.72. The van der Waals surface area contributed by atoms with Crippen molar-refractivity contribution < 1.29 is 16.8 Å². The molecule has 1 aliphatic heterocycles. The minimum atomic E-state index is -3.84. The maximum atomic E-state index is 13.0. The average Bonchev–Trinajstić information content (AvgIpc) is 2.76. The number of benzene rings is 2. The average molecular weight is 448 g/mol. The fourth-order valence-electron chi connectivity index (χ4n) is 3.13. The van der Waals surface area contributed by atoms with E-state index in [-0.39, 0.29) is 30.2 Å². The van der Waals surface area contributed by atoms with Crippen molar-refractivity contribution in [3.8, 4) is 0 Å². The van der Waals surface area contributed by atoms with E-state index in [2.05, 4.69) is 0 Å². The highest BCUT2D eigenvalue weighted by Gasteiger charge is 2.36. The normalized spacial score (nSPS) is 20.9. The van der Waals surface area contributed by atoms with Gasteiger partial charge in [-0.2, -0.15) is 4.31 Å². The summed E-state index contributed by atoms with van der Waals surface area (Å²) in [4.78, 5) is 0.0618. The van der Waals surface area contributed by atoms with Crippen molar-refractivity contribution in [2.75, 3.05) is 18.8 Å². The minimum absolute atomic E-state index is 0.0618. The van der Waals surface area contributed by atoms with E-state index < -0.39 is 25.1 Å². The monoisotopic (exact) mass is 447 g/mol. The molecule has 1 heterocycles. The van der Waals surface area contributed by atoms with Crippen LogP contribution in [0.15, 0.2) is 47.4 Å². The van der Waals surface area contributed by atoms with Crippen molar-refractivity contribution in [1.29, 1.82) is 0 Å². The van der Waals surface area contributed by atoms with Crippen LogP contribution in [0.1, 0.15) is 22.8 Å². The Kier molecular flexibility index (Phi) is 5.89. The number of sulfonamides is 1. The lowest BCUT2D eigenvalue weighted by molar-refractivity contribution is 0.428. The highest BCUT2D eigenvalue weighted by Crippen LogP contribution is 2.35. The van der Waals surface area contributed by atoms with E-state index in [4.69, 9.17) is 23.2 Å². The zero-order valence-electron chi connectivity index (χ0n) is 14.6. The first-order valence-electron chi connectivity index (χ1n) is 8.35. The molecule has 0 spiro atoms. The first kappa shape index (κ1) is 20.6. The van der Waals surface area contributed by atoms with Gasteiger partial charge in [0.05, 0.1) is 15.9 Å². The molecule has 3 rings (SSSR count). The molecule has 0 N–H and O–H groups in total. The first-order chi connectivity index (χ1) is 12.6. The van der Waals surface area contributed by atoms with Gasteiger partial charge >= 0.3 is 0 Å². The summed E-state index contributed by atoms with van der Waals surface area (Å²) in [5.41, 5.74) is 1.28. The highest BCUT2D eigenvalue weighted by atomic mass is 35.5. The Hall–Kier alpha value is -1.12. The van der Waals surface area contributed by atoms with E-state index in [1.54, 1.807) is 37.3 Å². The SMILES string of the molecule is Cc1ccc(S(=O)(=O)N2CCC(c3ccccc3Cl)S(=O)(=O)CC2)cc1Cl. The molecular weight excluding hydrogens is 429 g/mol. The Labute approximate surface area is 169 Å². The molecular formula is C18H19Cl2NO4S2. The van der Waals surface area contributed by atoms with Gasteiger partial charge in [0.15, 0.2) is 9.84 Å². The van der Waals surface area contributed by atoms with Crippen molar-refractivity contribution in [3.63, 3.8) is 0 Å². The van der Waals surface area contributed by atoms with Crippen LogP contribution in [-0.4, -0.2) is 40.0 Å². The summed E-state index contributed by atoms with van der Waals surface area (Å²) in [6.45, 7) is 1.77. The lowest BCUT2D eigenvalue weighted by Gasteiger charge is -2.20. The Morgan fingerprint density at radius 3 is 2.41 bits per heavy atom. The molecule has 0 aliphatic carbocycles. The Morgan fingerprint density at radius 1 is 1.04 bits per heavy atom. The van der Waals surface area contributed by atoms with Crippen LogP contribution in [0.4, 0.5) is 0 Å². The van der Waals surface area contributed by atoms with E-state index in [0.29, 0.717) is 15.6 Å². The van der Waals surface area contributed by atoms with Crippen LogP contribution in [0, 0.1) is 6.92 Å². The number of sulfone groups is 1. The predicted octanol–water partition coefficient (Wildman–Crippen LogP) is 3.85. The molecule has 27 heavy (non-hydrogen) atoms. The van der Waals surface area contributed by atoms with Gasteiger partial charge in [0.25, 0.3) is 0 Å². The fraction of sp³-hybridized carbons (Fsp3) is 0.333. The van der Waals surface area contributed by atoms with Crippen molar-refractivity contribution in [2.24, 2.45) is 0 Å². The summed E-state index contributed by atoms with van der Waals surface area (Å²) in [5.74, 6) is -0.262. The number of nitrogens with zero attached hydrogens (tertiary/aromatic N) is 1. The minimum Gasteiger partial charge on any atom is -0.228 e. The third kappa shape index (κ3) is 4.17. The van der Waals surface area contributed by atoms with Crippen molar-refractivity contribution >= 4 is 43.1 Å². The molecule has 1 atom stereocenters. The van der Waals surface area contributed by atoms with Gasteiger partial charge in [0, 0.05) is 23.1 Å². The molecule has 2 aromatic rings. The summed E-state index contributed by atoms with van der Waals surface area (Å²) >= 11 is 12.2. The Bertz CT molecular complexity index is 1070. The summed E-state index contributed by atoms with van der Waals surface area (Å²) in [6.07, 6.45) is 0.144. The maximum Gasteiger partial charge on any atom is 0.243 e. The molecule has 5 nitrogen and oxygen atoms in total. The molecule has 2 aromatic carbocycles. The lowest BCUT2D eigenvalue weighted by Crippen LogP contribution is -2.33. The largest absolute Gasteiger partial charge is 0.243 e. The van der Waals surface area contributed by atoms with Crippen molar-refractivity contribution in [1.82, 2.24) is 4.31 Å². The molecule has 0 aromatic heterocycles. The predicted molar refractivity (Wildman–Crippen MR) is 108 cm³/mol. The number of hydrogen-bond donors (Lipinski definition) is 0. The van der Waals surface area contributed by atoms with Gasteiger partial charge in [0.2, 0.25) is 10.0 Å². The van der Waals surface area contributed by atoms with Crippen LogP contribution < -0.4 is 0 Å². The van der Waals surface area contributed by atoms with Gasteiger partial charge in [-0.3, -0.25) is 0 Å². The molecule has 0 saturated carbocycles. The van der Waals surface area contributed by atoms with Gasteiger partial charge in [-0.15, -0.1) is 0 Å². The molecule has 146 valence electrons. The topological polar surface area (TPSA) is 71.5 Å². The van der Waals surface area contributed by atoms with Crippen molar-refractivity contribution in [2.45, 2.75) is 23.5 Å². The van der Waals surface area contributed by atoms with Crippen LogP contribution in [-0.2, 0) is 19.9 Å². The van der Waals surface area contributed by atoms with Gasteiger partial charge in [-0.25, -0.2) is 16.8 Å². The number of aryl methyl sites for hydroxylation is 1. The Balaban J connectivity index is 1.93. The summed E-state index contributed by atoms with van der Waals surface area (Å²) in [5, 5.41) is -0.104. The second-order valence-electron chi connectivity index (χ2n) is 6.48. The van der Waals surface area contributed by atoms with Crippen LogP contribution in [0.2, 0.25) is 10.0 Å². The smallest absolute Gasteiger partial charge is 0.228 e. The van der Waals surface area contributed by atoms with E-state index in [0.717, 1.165) is 5.56 Å². The molecule has 1 fully saturated rings. The molecule has 1 aliphatic rings. The van der Waals surface area contributed by atoms with Gasteiger partial charge in [-0.05, 0) is 42.7 Å². The third-order valence-electron chi connectivity index (χ3n) is 4.73. The quantitative estimate of drug-likeness (QED) is 0.715. The molecule has 0 bridgehead atoms. The first-order valence-corrected chi connectivity index (χ1v) is 12.3. The van der Waals surface area contributed by atoms with Gasteiger partial charge < -0.3 is 0 Å². The van der Waals surface area contributed by atoms with E-state index in [1.807, 2.05) is 0 Å². The zero-order valence-corrected chi connectivity index (χ0v) is 17.7. The van der Waals surface area contributed by atoms with Crippen LogP contribution in [0.3, 0.4) is 0 Å². The third-order valence-corrected chi connectivity index (χ3v) is 9.49. The number of halogens is 2. The van der Waals surface area contributed by atoms with E-state index in [1.165, 1.54) is 16.4 Å². The van der Waals surface area contributed by atoms with Crippen LogP contribution >= 0.6 is 23.2 Å².